The number of aldehydes is 2. The van der Waals surface area contributed by atoms with Gasteiger partial charge >= 0.3 is 7.12 Å². The number of hydrogen-bond acceptors (Lipinski definition) is 6. The number of nitrogens with zero attached hydrogens (tertiary/aromatic N) is 1. The van der Waals surface area contributed by atoms with Crippen molar-refractivity contribution in [3.63, 3.8) is 0 Å². The number of carbonyl (C=O) groups excluding carboxylic acids is 2. The Morgan fingerprint density at radius 2 is 1.43 bits per heavy atom. The molecule has 1 saturated heterocycles. The third-order valence-electron chi connectivity index (χ3n) is 6.84. The molecule has 1 N–H and O–H groups in total. The third-order valence-corrected chi connectivity index (χ3v) is 6.84. The second-order valence-corrected chi connectivity index (χ2v) is 9.59. The zero-order valence-electron chi connectivity index (χ0n) is 21.5. The van der Waals surface area contributed by atoms with E-state index < -0.39 is 0 Å². The fraction of sp³-hybridized carbons (Fsp3) is 0.321. The molecule has 1 aromatic heterocycles. The summed E-state index contributed by atoms with van der Waals surface area (Å²) in [5, 5.41) is 3.27. The SMILES string of the molecule is CNc1cccc(-c2cccc(B3OC(C)(C)C(C)(C)O3)c2C)c1C.O=Cc1ccc(C=O)nc1. The molecule has 0 spiro atoms. The summed E-state index contributed by atoms with van der Waals surface area (Å²) in [5.41, 5.74) is 7.32. The lowest BCUT2D eigenvalue weighted by molar-refractivity contribution is 0.00578. The molecule has 6 nitrogen and oxygen atoms in total. The zero-order valence-corrected chi connectivity index (χ0v) is 21.5. The van der Waals surface area contributed by atoms with Crippen molar-refractivity contribution in [1.29, 1.82) is 0 Å². The molecule has 0 aliphatic carbocycles. The highest BCUT2D eigenvalue weighted by Gasteiger charge is 2.52. The summed E-state index contributed by atoms with van der Waals surface area (Å²) in [6, 6.07) is 15.8. The van der Waals surface area contributed by atoms with E-state index in [0.717, 1.165) is 11.2 Å². The predicted molar refractivity (Wildman–Crippen MR) is 142 cm³/mol. The Kier molecular flexibility index (Phi) is 7.93. The molecule has 7 heteroatoms. The minimum absolute atomic E-state index is 0.331. The Morgan fingerprint density at radius 1 is 0.829 bits per heavy atom. The van der Waals surface area contributed by atoms with Gasteiger partial charge in [-0.05, 0) is 87.5 Å². The molecule has 1 aliphatic rings. The van der Waals surface area contributed by atoms with E-state index in [4.69, 9.17) is 9.31 Å². The quantitative estimate of drug-likeness (QED) is 0.415. The highest BCUT2D eigenvalue weighted by Crippen LogP contribution is 2.37. The lowest BCUT2D eigenvalue weighted by Gasteiger charge is -2.32. The smallest absolute Gasteiger partial charge is 0.399 e. The molecule has 0 unspecified atom stereocenters. The first-order chi connectivity index (χ1) is 16.5. The number of carbonyl (C=O) groups is 2. The standard InChI is InChI=1S/C21H28BNO2.C7H5NO2/c1-14-16(17-11-9-13-19(23-7)15(17)2)10-8-12-18(14)22-24-20(3,4)21(5,6)25-22;9-4-6-1-2-7(5-10)8-3-6/h8-13,23H,1-7H3;1-5H. The zero-order chi connectivity index (χ0) is 25.8. The first kappa shape index (κ1) is 26.3. The summed E-state index contributed by atoms with van der Waals surface area (Å²) < 4.78 is 12.5. The molecular weight excluding hydrogens is 439 g/mol. The van der Waals surface area contributed by atoms with Crippen molar-refractivity contribution in [2.24, 2.45) is 0 Å². The van der Waals surface area contributed by atoms with Crippen molar-refractivity contribution in [2.75, 3.05) is 12.4 Å². The van der Waals surface area contributed by atoms with Crippen LogP contribution >= 0.6 is 0 Å². The highest BCUT2D eigenvalue weighted by molar-refractivity contribution is 6.62. The van der Waals surface area contributed by atoms with Gasteiger partial charge < -0.3 is 14.6 Å². The van der Waals surface area contributed by atoms with Crippen LogP contribution in [0.4, 0.5) is 5.69 Å². The lowest BCUT2D eigenvalue weighted by Crippen LogP contribution is -2.41. The van der Waals surface area contributed by atoms with Gasteiger partial charge in [-0.15, -0.1) is 0 Å². The van der Waals surface area contributed by atoms with E-state index in [-0.39, 0.29) is 18.3 Å². The first-order valence-electron chi connectivity index (χ1n) is 11.6. The Morgan fingerprint density at radius 3 is 1.94 bits per heavy atom. The van der Waals surface area contributed by atoms with Crippen molar-refractivity contribution in [2.45, 2.75) is 52.7 Å². The fourth-order valence-corrected chi connectivity index (χ4v) is 3.93. The number of nitrogens with one attached hydrogen (secondary N) is 1. The van der Waals surface area contributed by atoms with Crippen LogP contribution in [0.25, 0.3) is 11.1 Å². The Bertz CT molecular complexity index is 1160. The van der Waals surface area contributed by atoms with Gasteiger partial charge in [-0.2, -0.15) is 0 Å². The van der Waals surface area contributed by atoms with Gasteiger partial charge in [0.05, 0.1) is 11.2 Å². The number of rotatable bonds is 5. The number of hydrogen-bond donors (Lipinski definition) is 1. The maximum absolute atomic E-state index is 10.1. The second kappa shape index (κ2) is 10.5. The topological polar surface area (TPSA) is 77.5 Å². The van der Waals surface area contributed by atoms with Crippen LogP contribution in [0.15, 0.2) is 54.7 Å². The van der Waals surface area contributed by atoms with E-state index in [9.17, 15) is 9.59 Å². The van der Waals surface area contributed by atoms with Crippen LogP contribution < -0.4 is 10.8 Å². The van der Waals surface area contributed by atoms with Crippen molar-refractivity contribution in [1.82, 2.24) is 4.98 Å². The molecule has 2 aromatic carbocycles. The number of benzene rings is 2. The van der Waals surface area contributed by atoms with Gasteiger partial charge in [0.2, 0.25) is 0 Å². The Hall–Kier alpha value is -3.29. The minimum Gasteiger partial charge on any atom is -0.399 e. The maximum atomic E-state index is 10.1. The van der Waals surface area contributed by atoms with Crippen LogP contribution in [-0.2, 0) is 9.31 Å². The van der Waals surface area contributed by atoms with Gasteiger partial charge in [0, 0.05) is 24.5 Å². The molecule has 1 aliphatic heterocycles. The number of aromatic nitrogens is 1. The normalized spacial score (nSPS) is 15.7. The monoisotopic (exact) mass is 472 g/mol. The largest absolute Gasteiger partial charge is 0.495 e. The highest BCUT2D eigenvalue weighted by atomic mass is 16.7. The minimum atomic E-state index is -0.335. The average molecular weight is 472 g/mol. The fourth-order valence-electron chi connectivity index (χ4n) is 3.93. The number of pyridine rings is 1. The van der Waals surface area contributed by atoms with Gasteiger partial charge in [0.25, 0.3) is 0 Å². The summed E-state index contributed by atoms with van der Waals surface area (Å²) in [6.07, 6.45) is 2.67. The molecule has 1 fully saturated rings. The van der Waals surface area contributed by atoms with E-state index in [1.54, 1.807) is 6.07 Å². The van der Waals surface area contributed by atoms with Crippen LogP contribution in [0.5, 0.6) is 0 Å². The molecule has 0 saturated carbocycles. The van der Waals surface area contributed by atoms with Crippen LogP contribution in [0, 0.1) is 13.8 Å². The van der Waals surface area contributed by atoms with Crippen LogP contribution in [0.3, 0.4) is 0 Å². The molecule has 35 heavy (non-hydrogen) atoms. The number of anilines is 1. The average Bonchev–Trinajstić information content (AvgIpc) is 3.06. The Balaban J connectivity index is 0.000000287. The van der Waals surface area contributed by atoms with Crippen LogP contribution in [-0.4, -0.2) is 42.9 Å². The molecule has 0 bridgehead atoms. The predicted octanol–water partition coefficient (Wildman–Crippen LogP) is 5.02. The molecular formula is C28H33BN2O4. The van der Waals surface area contributed by atoms with E-state index in [1.165, 1.54) is 34.5 Å². The summed E-state index contributed by atoms with van der Waals surface area (Å²) in [5.74, 6) is 0. The van der Waals surface area contributed by atoms with Crippen molar-refractivity contribution < 1.29 is 18.9 Å². The Labute approximate surface area is 208 Å². The molecule has 0 amide bonds. The summed E-state index contributed by atoms with van der Waals surface area (Å²) in [6.45, 7) is 12.7. The lowest BCUT2D eigenvalue weighted by atomic mass is 9.74. The van der Waals surface area contributed by atoms with Gasteiger partial charge in [0.15, 0.2) is 12.6 Å². The molecule has 0 atom stereocenters. The van der Waals surface area contributed by atoms with Crippen LogP contribution in [0.1, 0.15) is 59.7 Å². The van der Waals surface area contributed by atoms with E-state index in [1.807, 2.05) is 7.05 Å². The van der Waals surface area contributed by atoms with E-state index in [2.05, 4.69) is 88.2 Å². The molecule has 2 heterocycles. The van der Waals surface area contributed by atoms with Gasteiger partial charge in [-0.1, -0.05) is 30.3 Å². The maximum Gasteiger partial charge on any atom is 0.495 e. The van der Waals surface area contributed by atoms with Gasteiger partial charge in [-0.25, -0.2) is 0 Å². The summed E-state index contributed by atoms with van der Waals surface area (Å²) in [4.78, 5) is 23.8. The second-order valence-electron chi connectivity index (χ2n) is 9.59. The van der Waals surface area contributed by atoms with Crippen molar-refractivity contribution in [3.05, 3.63) is 77.1 Å². The van der Waals surface area contributed by atoms with Crippen molar-refractivity contribution >= 4 is 30.8 Å². The van der Waals surface area contributed by atoms with Gasteiger partial charge in [-0.3, -0.25) is 14.6 Å². The van der Waals surface area contributed by atoms with Gasteiger partial charge in [0.1, 0.15) is 5.69 Å². The molecule has 0 radical (unpaired) electrons. The van der Waals surface area contributed by atoms with Crippen molar-refractivity contribution in [3.8, 4) is 11.1 Å². The molecule has 4 rings (SSSR count). The third kappa shape index (κ3) is 5.52. The van der Waals surface area contributed by atoms with E-state index in [0.29, 0.717) is 23.8 Å². The first-order valence-corrected chi connectivity index (χ1v) is 11.6. The molecule has 182 valence electrons. The van der Waals surface area contributed by atoms with Crippen LogP contribution in [0.2, 0.25) is 0 Å². The summed E-state index contributed by atoms with van der Waals surface area (Å²) >= 11 is 0. The molecule has 3 aromatic rings. The van der Waals surface area contributed by atoms with E-state index >= 15 is 0 Å². The summed E-state index contributed by atoms with van der Waals surface area (Å²) in [7, 11) is 1.62.